The fraction of sp³-hybridized carbons (Fsp3) is 0.233. The average Bonchev–Trinajstić information content (AvgIpc) is 3.35. The van der Waals surface area contributed by atoms with Gasteiger partial charge in [-0.25, -0.2) is 4.98 Å². The lowest BCUT2D eigenvalue weighted by Crippen LogP contribution is -2.23. The van der Waals surface area contributed by atoms with Crippen molar-refractivity contribution in [3.8, 4) is 27.8 Å². The molecule has 1 aromatic heterocycles. The van der Waals surface area contributed by atoms with Crippen molar-refractivity contribution in [3.05, 3.63) is 88.4 Å². The second-order valence-corrected chi connectivity index (χ2v) is 10.6. The average molecular weight is 543 g/mol. The third kappa shape index (κ3) is 6.10. The third-order valence-electron chi connectivity index (χ3n) is 6.36. The fourth-order valence-corrected chi connectivity index (χ4v) is 5.12. The van der Waals surface area contributed by atoms with Crippen LogP contribution >= 0.6 is 11.3 Å². The van der Waals surface area contributed by atoms with Gasteiger partial charge in [-0.15, -0.1) is 11.3 Å². The van der Waals surface area contributed by atoms with Crippen LogP contribution in [0.4, 0.5) is 5.69 Å². The molecule has 200 valence electrons. The molecule has 3 aromatic carbocycles. The summed E-state index contributed by atoms with van der Waals surface area (Å²) in [5.41, 5.74) is 3.04. The minimum atomic E-state index is -0.272. The molecule has 0 saturated heterocycles. The first-order valence-corrected chi connectivity index (χ1v) is 13.5. The number of ether oxygens (including phenoxy) is 2. The highest BCUT2D eigenvalue weighted by molar-refractivity contribution is 7.15. The zero-order chi connectivity index (χ0) is 27.4. The van der Waals surface area contributed by atoms with E-state index in [4.69, 9.17) is 9.47 Å². The standard InChI is InChI=1S/C30H30N4O4S/c1-19-23(13-14-26-27(19)33-29(36)24-7-4-5-8-25(24)38-26)28(35)31-17-22-18-32-30(39-22)20-9-11-21(12-10-20)37-16-6-15-34(2)3/h4-5,7-14,18H,6,15-17H2,1-3H3,(H,31,35)(H,33,36). The van der Waals surface area contributed by atoms with Crippen LogP contribution in [0.25, 0.3) is 10.6 Å². The van der Waals surface area contributed by atoms with Crippen LogP contribution in [-0.4, -0.2) is 48.9 Å². The Hall–Kier alpha value is -4.21. The molecule has 0 fully saturated rings. The summed E-state index contributed by atoms with van der Waals surface area (Å²) >= 11 is 1.53. The van der Waals surface area contributed by atoms with E-state index in [2.05, 4.69) is 20.5 Å². The molecular formula is C30H30N4O4S. The van der Waals surface area contributed by atoms with E-state index in [0.29, 0.717) is 47.0 Å². The predicted molar refractivity (Wildman–Crippen MR) is 153 cm³/mol. The number of anilines is 1. The van der Waals surface area contributed by atoms with Crippen LogP contribution in [0.5, 0.6) is 17.2 Å². The normalized spacial score (nSPS) is 12.2. The van der Waals surface area contributed by atoms with E-state index in [1.165, 1.54) is 11.3 Å². The molecule has 0 atom stereocenters. The first kappa shape index (κ1) is 26.4. The van der Waals surface area contributed by atoms with E-state index in [-0.39, 0.29) is 11.8 Å². The Morgan fingerprint density at radius 1 is 1.08 bits per heavy atom. The number of nitrogens with one attached hydrogen (secondary N) is 2. The number of thiazole rings is 1. The van der Waals surface area contributed by atoms with Gasteiger partial charge in [-0.2, -0.15) is 0 Å². The maximum Gasteiger partial charge on any atom is 0.259 e. The third-order valence-corrected chi connectivity index (χ3v) is 7.40. The Morgan fingerprint density at radius 2 is 1.87 bits per heavy atom. The van der Waals surface area contributed by atoms with Crippen LogP contribution in [0.1, 0.15) is 37.6 Å². The molecule has 0 spiro atoms. The molecule has 8 nitrogen and oxygen atoms in total. The van der Waals surface area contributed by atoms with Gasteiger partial charge in [0, 0.05) is 28.7 Å². The van der Waals surface area contributed by atoms with E-state index in [0.717, 1.165) is 34.2 Å². The Bertz CT molecular complexity index is 1500. The lowest BCUT2D eigenvalue weighted by atomic mass is 10.0. The second kappa shape index (κ2) is 11.7. The van der Waals surface area contributed by atoms with E-state index in [1.54, 1.807) is 43.5 Å². The van der Waals surface area contributed by atoms with Crippen LogP contribution < -0.4 is 20.1 Å². The van der Waals surface area contributed by atoms with E-state index in [9.17, 15) is 9.59 Å². The van der Waals surface area contributed by atoms with Gasteiger partial charge in [-0.05, 0) is 81.5 Å². The largest absolute Gasteiger partial charge is 0.494 e. The molecule has 2 N–H and O–H groups in total. The van der Waals surface area contributed by atoms with Gasteiger partial charge >= 0.3 is 0 Å². The van der Waals surface area contributed by atoms with E-state index in [1.807, 2.05) is 44.4 Å². The highest BCUT2D eigenvalue weighted by Gasteiger charge is 2.24. The second-order valence-electron chi connectivity index (χ2n) is 9.51. The van der Waals surface area contributed by atoms with E-state index < -0.39 is 0 Å². The lowest BCUT2D eigenvalue weighted by molar-refractivity contribution is 0.0949. The maximum absolute atomic E-state index is 13.1. The zero-order valence-electron chi connectivity index (χ0n) is 22.1. The molecule has 39 heavy (non-hydrogen) atoms. The molecule has 0 unspecified atom stereocenters. The Morgan fingerprint density at radius 3 is 2.67 bits per heavy atom. The predicted octanol–water partition coefficient (Wildman–Crippen LogP) is 5.74. The Labute approximate surface area is 231 Å². The van der Waals surface area contributed by atoms with Crippen molar-refractivity contribution in [1.82, 2.24) is 15.2 Å². The quantitative estimate of drug-likeness (QED) is 0.262. The molecular weight excluding hydrogens is 512 g/mol. The minimum Gasteiger partial charge on any atom is -0.494 e. The number of aromatic nitrogens is 1. The summed E-state index contributed by atoms with van der Waals surface area (Å²) in [6.07, 6.45) is 2.75. The number of fused-ring (bicyclic) bond motifs is 2. The smallest absolute Gasteiger partial charge is 0.259 e. The summed E-state index contributed by atoms with van der Waals surface area (Å²) in [5, 5.41) is 6.74. The molecule has 5 rings (SSSR count). The summed E-state index contributed by atoms with van der Waals surface area (Å²) < 4.78 is 11.8. The molecule has 9 heteroatoms. The van der Waals surface area contributed by atoms with Gasteiger partial charge in [0.05, 0.1) is 24.4 Å². The molecule has 4 aromatic rings. The molecule has 0 radical (unpaired) electrons. The van der Waals surface area contributed by atoms with Gasteiger partial charge in [0.15, 0.2) is 5.75 Å². The summed E-state index contributed by atoms with van der Waals surface area (Å²) in [7, 11) is 4.10. The number of amides is 2. The number of rotatable bonds is 9. The van der Waals surface area contributed by atoms with Crippen molar-refractivity contribution in [2.45, 2.75) is 19.9 Å². The number of nitrogens with zero attached hydrogens (tertiary/aromatic N) is 2. The highest BCUT2D eigenvalue weighted by atomic mass is 32.1. The fourth-order valence-electron chi connectivity index (χ4n) is 4.27. The number of benzene rings is 3. The van der Waals surface area contributed by atoms with Gasteiger partial charge in [0.1, 0.15) is 16.5 Å². The van der Waals surface area contributed by atoms with Crippen molar-refractivity contribution in [2.75, 3.05) is 32.6 Å². The van der Waals surface area contributed by atoms with Crippen LogP contribution in [0.2, 0.25) is 0 Å². The topological polar surface area (TPSA) is 92.8 Å². The van der Waals surface area contributed by atoms with E-state index >= 15 is 0 Å². The number of para-hydroxylation sites is 1. The van der Waals surface area contributed by atoms with Crippen molar-refractivity contribution in [2.24, 2.45) is 0 Å². The summed E-state index contributed by atoms with van der Waals surface area (Å²) in [6, 6.07) is 18.4. The number of carbonyl (C=O) groups excluding carboxylic acids is 2. The van der Waals surface area contributed by atoms with Crippen molar-refractivity contribution in [3.63, 3.8) is 0 Å². The van der Waals surface area contributed by atoms with Crippen LogP contribution in [0, 0.1) is 6.92 Å². The minimum absolute atomic E-state index is 0.239. The molecule has 1 aliphatic rings. The van der Waals surface area contributed by atoms with Crippen molar-refractivity contribution in [1.29, 1.82) is 0 Å². The maximum atomic E-state index is 13.1. The summed E-state index contributed by atoms with van der Waals surface area (Å²) in [5.74, 6) is 1.30. The zero-order valence-corrected chi connectivity index (χ0v) is 22.9. The van der Waals surface area contributed by atoms with Crippen LogP contribution in [0.15, 0.2) is 66.9 Å². The molecule has 2 heterocycles. The van der Waals surface area contributed by atoms with Gasteiger partial charge in [-0.3, -0.25) is 9.59 Å². The summed E-state index contributed by atoms with van der Waals surface area (Å²) in [4.78, 5) is 33.4. The van der Waals surface area contributed by atoms with Crippen LogP contribution in [0.3, 0.4) is 0 Å². The number of hydrogen-bond donors (Lipinski definition) is 2. The Kier molecular flexibility index (Phi) is 7.90. The first-order valence-electron chi connectivity index (χ1n) is 12.7. The SMILES string of the molecule is Cc1c(C(=O)NCc2cnc(-c3ccc(OCCCN(C)C)cc3)s2)ccc2c1NC(=O)c1ccccc1O2. The van der Waals surface area contributed by atoms with Gasteiger partial charge in [0.2, 0.25) is 0 Å². The lowest BCUT2D eigenvalue weighted by Gasteiger charge is -2.14. The van der Waals surface area contributed by atoms with Gasteiger partial charge in [-0.1, -0.05) is 12.1 Å². The van der Waals surface area contributed by atoms with Gasteiger partial charge in [0.25, 0.3) is 11.8 Å². The molecule has 0 bridgehead atoms. The molecule has 2 amide bonds. The van der Waals surface area contributed by atoms with Crippen molar-refractivity contribution >= 4 is 28.8 Å². The van der Waals surface area contributed by atoms with Crippen LogP contribution in [-0.2, 0) is 6.54 Å². The molecule has 0 saturated carbocycles. The highest BCUT2D eigenvalue weighted by Crippen LogP contribution is 2.38. The monoisotopic (exact) mass is 542 g/mol. The number of carbonyl (C=O) groups is 2. The van der Waals surface area contributed by atoms with Gasteiger partial charge < -0.3 is 25.0 Å². The number of hydrogen-bond acceptors (Lipinski definition) is 7. The Balaban J connectivity index is 1.21. The van der Waals surface area contributed by atoms with Crippen molar-refractivity contribution < 1.29 is 19.1 Å². The first-order chi connectivity index (χ1) is 18.9. The summed E-state index contributed by atoms with van der Waals surface area (Å²) in [6.45, 7) is 3.81. The molecule has 0 aliphatic carbocycles. The molecule has 1 aliphatic heterocycles.